The summed E-state index contributed by atoms with van der Waals surface area (Å²) in [6, 6.07) is 13.2. The number of benzene rings is 2. The minimum absolute atomic E-state index is 0.192. The summed E-state index contributed by atoms with van der Waals surface area (Å²) < 4.78 is 5.39. The van der Waals surface area contributed by atoms with Crippen molar-refractivity contribution in [1.82, 2.24) is 0 Å². The lowest BCUT2D eigenvalue weighted by atomic mass is 9.95. The van der Waals surface area contributed by atoms with Crippen LogP contribution < -0.4 is 4.74 Å². The van der Waals surface area contributed by atoms with E-state index in [0.29, 0.717) is 12.0 Å². The molecular formula is C17H13NO2. The topological polar surface area (TPSA) is 50.1 Å². The summed E-state index contributed by atoms with van der Waals surface area (Å²) in [5.74, 6) is 0.911. The minimum atomic E-state index is 0.192. The van der Waals surface area contributed by atoms with Crippen molar-refractivity contribution in [2.45, 2.75) is 12.8 Å². The van der Waals surface area contributed by atoms with E-state index < -0.39 is 0 Å². The van der Waals surface area contributed by atoms with Crippen LogP contribution >= 0.6 is 0 Å². The number of ketones is 1. The molecule has 0 bridgehead atoms. The highest BCUT2D eigenvalue weighted by Crippen LogP contribution is 2.37. The monoisotopic (exact) mass is 263 g/mol. The van der Waals surface area contributed by atoms with Crippen molar-refractivity contribution in [1.29, 1.82) is 5.26 Å². The third-order valence-corrected chi connectivity index (χ3v) is 3.70. The molecule has 3 nitrogen and oxygen atoms in total. The van der Waals surface area contributed by atoms with Crippen LogP contribution in [0.4, 0.5) is 0 Å². The van der Waals surface area contributed by atoms with Gasteiger partial charge in [0.15, 0.2) is 5.78 Å². The molecule has 0 spiro atoms. The van der Waals surface area contributed by atoms with Crippen molar-refractivity contribution in [2.75, 3.05) is 7.11 Å². The Kier molecular flexibility index (Phi) is 3.00. The summed E-state index contributed by atoms with van der Waals surface area (Å²) in [6.45, 7) is 0. The van der Waals surface area contributed by atoms with Crippen molar-refractivity contribution in [3.63, 3.8) is 0 Å². The molecular weight excluding hydrogens is 250 g/mol. The summed E-state index contributed by atoms with van der Waals surface area (Å²) >= 11 is 0. The van der Waals surface area contributed by atoms with Crippen LogP contribution in [0, 0.1) is 11.3 Å². The van der Waals surface area contributed by atoms with Crippen molar-refractivity contribution in [3.8, 4) is 22.9 Å². The maximum atomic E-state index is 11.8. The molecule has 0 fully saturated rings. The summed E-state index contributed by atoms with van der Waals surface area (Å²) in [4.78, 5) is 11.8. The molecule has 0 saturated carbocycles. The van der Waals surface area contributed by atoms with Gasteiger partial charge in [-0.2, -0.15) is 5.26 Å². The van der Waals surface area contributed by atoms with Gasteiger partial charge in [0.2, 0.25) is 0 Å². The van der Waals surface area contributed by atoms with Gasteiger partial charge in [-0.1, -0.05) is 18.2 Å². The van der Waals surface area contributed by atoms with Crippen LogP contribution in [-0.2, 0) is 6.42 Å². The van der Waals surface area contributed by atoms with Gasteiger partial charge in [-0.15, -0.1) is 0 Å². The van der Waals surface area contributed by atoms with E-state index >= 15 is 0 Å². The third-order valence-electron chi connectivity index (χ3n) is 3.70. The Hall–Kier alpha value is -2.60. The Balaban J connectivity index is 2.25. The van der Waals surface area contributed by atoms with Crippen molar-refractivity contribution < 1.29 is 9.53 Å². The summed E-state index contributed by atoms with van der Waals surface area (Å²) in [7, 11) is 1.61. The lowest BCUT2D eigenvalue weighted by molar-refractivity contribution is 0.0994. The molecule has 2 aromatic carbocycles. The first-order valence-electron chi connectivity index (χ1n) is 6.48. The van der Waals surface area contributed by atoms with Gasteiger partial charge in [0.05, 0.1) is 18.7 Å². The highest BCUT2D eigenvalue weighted by Gasteiger charge is 2.23. The average Bonchev–Trinajstić information content (AvgIpc) is 2.88. The largest absolute Gasteiger partial charge is 0.496 e. The lowest BCUT2D eigenvalue weighted by Crippen LogP contribution is -1.95. The average molecular weight is 263 g/mol. The van der Waals surface area contributed by atoms with E-state index in [4.69, 9.17) is 10.00 Å². The van der Waals surface area contributed by atoms with Crippen LogP contribution in [0.2, 0.25) is 0 Å². The molecule has 0 N–H and O–H groups in total. The zero-order valence-electron chi connectivity index (χ0n) is 11.1. The van der Waals surface area contributed by atoms with E-state index in [-0.39, 0.29) is 5.78 Å². The number of rotatable bonds is 2. The number of nitrogens with zero attached hydrogens (tertiary/aromatic N) is 1. The van der Waals surface area contributed by atoms with E-state index in [1.807, 2.05) is 24.3 Å². The second-order valence-electron chi connectivity index (χ2n) is 4.78. The molecule has 3 rings (SSSR count). The van der Waals surface area contributed by atoms with Gasteiger partial charge >= 0.3 is 0 Å². The van der Waals surface area contributed by atoms with E-state index in [1.54, 1.807) is 19.2 Å². The van der Waals surface area contributed by atoms with Gasteiger partial charge in [0.25, 0.3) is 0 Å². The molecule has 0 heterocycles. The number of ether oxygens (including phenoxy) is 1. The zero-order chi connectivity index (χ0) is 14.1. The minimum Gasteiger partial charge on any atom is -0.496 e. The van der Waals surface area contributed by atoms with Crippen LogP contribution in [0.1, 0.15) is 27.9 Å². The first-order valence-corrected chi connectivity index (χ1v) is 6.48. The first-order chi connectivity index (χ1) is 9.74. The predicted octanol–water partition coefficient (Wildman–Crippen LogP) is 3.36. The zero-order valence-corrected chi connectivity index (χ0v) is 11.1. The molecule has 0 unspecified atom stereocenters. The molecule has 0 atom stereocenters. The number of hydrogen-bond donors (Lipinski definition) is 0. The Labute approximate surface area is 117 Å². The normalized spacial score (nSPS) is 12.9. The van der Waals surface area contributed by atoms with Crippen LogP contribution in [0.3, 0.4) is 0 Å². The molecule has 0 saturated heterocycles. The molecule has 1 aliphatic carbocycles. The van der Waals surface area contributed by atoms with E-state index in [1.165, 1.54) is 0 Å². The van der Waals surface area contributed by atoms with Crippen LogP contribution in [-0.4, -0.2) is 12.9 Å². The molecule has 0 amide bonds. The molecule has 0 aromatic heterocycles. The van der Waals surface area contributed by atoms with Crippen LogP contribution in [0.15, 0.2) is 36.4 Å². The lowest BCUT2D eigenvalue weighted by Gasteiger charge is -2.12. The van der Waals surface area contributed by atoms with E-state index in [2.05, 4.69) is 6.07 Å². The molecule has 3 heteroatoms. The van der Waals surface area contributed by atoms with Gasteiger partial charge in [-0.25, -0.2) is 0 Å². The second-order valence-corrected chi connectivity index (χ2v) is 4.78. The maximum absolute atomic E-state index is 11.8. The third kappa shape index (κ3) is 1.86. The van der Waals surface area contributed by atoms with Gasteiger partial charge in [0, 0.05) is 17.5 Å². The highest BCUT2D eigenvalue weighted by molar-refractivity contribution is 6.02. The van der Waals surface area contributed by atoms with Gasteiger partial charge < -0.3 is 4.74 Å². The molecule has 98 valence electrons. The highest BCUT2D eigenvalue weighted by atomic mass is 16.5. The number of nitriles is 1. The van der Waals surface area contributed by atoms with Crippen LogP contribution in [0.25, 0.3) is 11.1 Å². The standard InChI is InChI=1S/C17H13NO2/c1-20-17-8-5-11(10-18)9-15(17)12-3-2-4-14-13(12)6-7-16(14)19/h2-5,8-9H,6-7H2,1H3. The Morgan fingerprint density at radius 1 is 1.10 bits per heavy atom. The Morgan fingerprint density at radius 3 is 2.65 bits per heavy atom. The molecule has 20 heavy (non-hydrogen) atoms. The van der Waals surface area contributed by atoms with Crippen LogP contribution in [0.5, 0.6) is 5.75 Å². The van der Waals surface area contributed by atoms with Gasteiger partial charge in [0.1, 0.15) is 5.75 Å². The summed E-state index contributed by atoms with van der Waals surface area (Å²) in [5.41, 5.74) is 4.31. The number of Topliss-reactive ketones (excluding diaryl/α,β-unsaturated/α-hetero) is 1. The fraction of sp³-hybridized carbons (Fsp3) is 0.176. The Morgan fingerprint density at radius 2 is 1.90 bits per heavy atom. The quantitative estimate of drug-likeness (QED) is 0.834. The molecule has 0 radical (unpaired) electrons. The predicted molar refractivity (Wildman–Crippen MR) is 75.8 cm³/mol. The smallest absolute Gasteiger partial charge is 0.163 e. The molecule has 1 aliphatic rings. The number of hydrogen-bond acceptors (Lipinski definition) is 3. The maximum Gasteiger partial charge on any atom is 0.163 e. The first kappa shape index (κ1) is 12.4. The number of methoxy groups -OCH3 is 1. The van der Waals surface area contributed by atoms with Crippen molar-refractivity contribution >= 4 is 5.78 Å². The summed E-state index contributed by atoms with van der Waals surface area (Å²) in [5, 5.41) is 9.06. The van der Waals surface area contributed by atoms with E-state index in [9.17, 15) is 4.79 Å². The number of carbonyl (C=O) groups excluding carboxylic acids is 1. The van der Waals surface area contributed by atoms with Gasteiger partial charge in [-0.05, 0) is 35.7 Å². The van der Waals surface area contributed by atoms with Crippen molar-refractivity contribution in [3.05, 3.63) is 53.1 Å². The SMILES string of the molecule is COc1ccc(C#N)cc1-c1cccc2c1CCC2=O. The van der Waals surface area contributed by atoms with Crippen molar-refractivity contribution in [2.24, 2.45) is 0 Å². The number of carbonyl (C=O) groups is 1. The molecule has 0 aliphatic heterocycles. The fourth-order valence-corrected chi connectivity index (χ4v) is 2.73. The fourth-order valence-electron chi connectivity index (χ4n) is 2.73. The Bertz CT molecular complexity index is 741. The second kappa shape index (κ2) is 4.82. The van der Waals surface area contributed by atoms with E-state index in [0.717, 1.165) is 34.4 Å². The number of fused-ring (bicyclic) bond motifs is 1. The summed E-state index contributed by atoms with van der Waals surface area (Å²) in [6.07, 6.45) is 1.32. The van der Waals surface area contributed by atoms with Gasteiger partial charge in [-0.3, -0.25) is 4.79 Å². The molecule has 2 aromatic rings.